The molecule has 0 saturated carbocycles. The van der Waals surface area contributed by atoms with E-state index in [4.69, 9.17) is 5.73 Å². The van der Waals surface area contributed by atoms with Crippen molar-refractivity contribution < 1.29 is 0 Å². The third-order valence-electron chi connectivity index (χ3n) is 2.70. The second-order valence-electron chi connectivity index (χ2n) is 4.04. The molecule has 0 saturated heterocycles. The number of pyridine rings is 1. The van der Waals surface area contributed by atoms with Crippen molar-refractivity contribution >= 4 is 44.3 Å². The van der Waals surface area contributed by atoms with Gasteiger partial charge in [0.05, 0.1) is 17.4 Å². The molecule has 0 spiro atoms. The van der Waals surface area contributed by atoms with Gasteiger partial charge in [0, 0.05) is 20.0 Å². The third-order valence-corrected chi connectivity index (χ3v) is 4.62. The highest BCUT2D eigenvalue weighted by Gasteiger charge is 2.10. The number of nitrogens with two attached hydrogens (primary N) is 1. The van der Waals surface area contributed by atoms with Gasteiger partial charge in [-0.1, -0.05) is 29.8 Å². The van der Waals surface area contributed by atoms with Crippen molar-refractivity contribution in [2.45, 2.75) is 30.4 Å². The highest BCUT2D eigenvalue weighted by molar-refractivity contribution is 9.10. The number of hydrogen-bond donors (Lipinski definition) is 1. The number of fused-ring (bicyclic) bond motifs is 1. The fourth-order valence-electron chi connectivity index (χ4n) is 1.57. The van der Waals surface area contributed by atoms with E-state index in [0.29, 0.717) is 5.25 Å². The first-order chi connectivity index (χ1) is 8.11. The molecule has 2 nitrogen and oxygen atoms in total. The van der Waals surface area contributed by atoms with Crippen LogP contribution >= 0.6 is 27.7 Å². The minimum atomic E-state index is 0.557. The summed E-state index contributed by atoms with van der Waals surface area (Å²) >= 11 is 5.32. The van der Waals surface area contributed by atoms with Crippen molar-refractivity contribution in [3.05, 3.63) is 28.9 Å². The van der Waals surface area contributed by atoms with Gasteiger partial charge >= 0.3 is 0 Å². The highest BCUT2D eigenvalue weighted by Crippen LogP contribution is 2.36. The molecule has 1 unspecified atom stereocenters. The van der Waals surface area contributed by atoms with Gasteiger partial charge in [-0.15, -0.1) is 11.8 Å². The van der Waals surface area contributed by atoms with Gasteiger partial charge in [0.25, 0.3) is 0 Å². The Bertz CT molecular complexity index is 537. The Morgan fingerprint density at radius 1 is 1.47 bits per heavy atom. The average molecular weight is 311 g/mol. The summed E-state index contributed by atoms with van der Waals surface area (Å²) in [7, 11) is 0. The molecular weight excluding hydrogens is 296 g/mol. The Kier molecular flexibility index (Phi) is 3.94. The molecule has 17 heavy (non-hydrogen) atoms. The van der Waals surface area contributed by atoms with Crippen LogP contribution < -0.4 is 5.73 Å². The molecule has 0 aliphatic heterocycles. The van der Waals surface area contributed by atoms with Crippen LogP contribution in [0.1, 0.15) is 20.3 Å². The summed E-state index contributed by atoms with van der Waals surface area (Å²) in [4.78, 5) is 5.50. The Morgan fingerprint density at radius 3 is 2.94 bits per heavy atom. The largest absolute Gasteiger partial charge is 0.397 e. The van der Waals surface area contributed by atoms with Gasteiger partial charge < -0.3 is 5.73 Å². The van der Waals surface area contributed by atoms with E-state index < -0.39 is 0 Å². The second-order valence-corrected chi connectivity index (χ2v) is 6.41. The molecule has 0 radical (unpaired) electrons. The standard InChI is InChI=1S/C13H15BrN2S/c1-3-8(2)17-13-10-6-9(14)4-5-12(10)16-7-11(13)15/h4-8H,3,15H2,1-2H3. The van der Waals surface area contributed by atoms with Gasteiger partial charge in [0.15, 0.2) is 0 Å². The molecule has 0 bridgehead atoms. The van der Waals surface area contributed by atoms with Crippen LogP contribution in [0.25, 0.3) is 10.9 Å². The Morgan fingerprint density at radius 2 is 2.24 bits per heavy atom. The molecule has 0 fully saturated rings. The van der Waals surface area contributed by atoms with E-state index in [-0.39, 0.29) is 0 Å². The SMILES string of the molecule is CCC(C)Sc1c(N)cnc2ccc(Br)cc12. The summed E-state index contributed by atoms with van der Waals surface area (Å²) in [5, 5.41) is 1.69. The lowest BCUT2D eigenvalue weighted by atomic mass is 10.2. The van der Waals surface area contributed by atoms with E-state index in [1.165, 1.54) is 0 Å². The van der Waals surface area contributed by atoms with Crippen LogP contribution in [0.15, 0.2) is 33.8 Å². The maximum atomic E-state index is 6.04. The lowest BCUT2D eigenvalue weighted by molar-refractivity contribution is 0.906. The van der Waals surface area contributed by atoms with Gasteiger partial charge in [-0.3, -0.25) is 4.98 Å². The monoisotopic (exact) mass is 310 g/mol. The first kappa shape index (κ1) is 12.7. The van der Waals surface area contributed by atoms with E-state index >= 15 is 0 Å². The van der Waals surface area contributed by atoms with Gasteiger partial charge in [-0.25, -0.2) is 0 Å². The van der Waals surface area contributed by atoms with Crippen LogP contribution in [0.3, 0.4) is 0 Å². The number of rotatable bonds is 3. The molecule has 0 aliphatic rings. The number of aromatic nitrogens is 1. The maximum absolute atomic E-state index is 6.04. The second kappa shape index (κ2) is 5.27. The Labute approximate surface area is 114 Å². The minimum Gasteiger partial charge on any atom is -0.397 e. The minimum absolute atomic E-state index is 0.557. The maximum Gasteiger partial charge on any atom is 0.0715 e. The number of thioether (sulfide) groups is 1. The quantitative estimate of drug-likeness (QED) is 0.850. The van der Waals surface area contributed by atoms with Crippen molar-refractivity contribution in [2.75, 3.05) is 5.73 Å². The van der Waals surface area contributed by atoms with Crippen LogP contribution in [-0.4, -0.2) is 10.2 Å². The van der Waals surface area contributed by atoms with Gasteiger partial charge in [0.1, 0.15) is 0 Å². The van der Waals surface area contributed by atoms with Crippen molar-refractivity contribution in [2.24, 2.45) is 0 Å². The average Bonchev–Trinajstić information content (AvgIpc) is 2.32. The number of halogens is 1. The summed E-state index contributed by atoms with van der Waals surface area (Å²) in [6.07, 6.45) is 2.88. The molecule has 2 N–H and O–H groups in total. The zero-order valence-electron chi connectivity index (χ0n) is 9.90. The molecule has 4 heteroatoms. The number of hydrogen-bond acceptors (Lipinski definition) is 3. The summed E-state index contributed by atoms with van der Waals surface area (Å²) < 4.78 is 1.06. The summed E-state index contributed by atoms with van der Waals surface area (Å²) in [5.41, 5.74) is 7.80. The lowest BCUT2D eigenvalue weighted by Crippen LogP contribution is -1.97. The van der Waals surface area contributed by atoms with Crippen molar-refractivity contribution in [3.63, 3.8) is 0 Å². The summed E-state index contributed by atoms with van der Waals surface area (Å²) in [6.45, 7) is 4.40. The van der Waals surface area contributed by atoms with E-state index in [9.17, 15) is 0 Å². The topological polar surface area (TPSA) is 38.9 Å². The van der Waals surface area contributed by atoms with Crippen molar-refractivity contribution in [1.29, 1.82) is 0 Å². The Hall–Kier alpha value is -0.740. The zero-order chi connectivity index (χ0) is 12.4. The number of nitrogen functional groups attached to an aromatic ring is 1. The van der Waals surface area contributed by atoms with E-state index in [0.717, 1.165) is 32.4 Å². The Balaban J connectivity index is 2.57. The normalized spacial score (nSPS) is 12.9. The van der Waals surface area contributed by atoms with Gasteiger partial charge in [-0.05, 0) is 24.6 Å². The molecule has 0 amide bonds. The summed E-state index contributed by atoms with van der Waals surface area (Å²) in [5.74, 6) is 0. The molecule has 2 aromatic rings. The molecule has 1 atom stereocenters. The van der Waals surface area contributed by atoms with Crippen LogP contribution in [-0.2, 0) is 0 Å². The van der Waals surface area contributed by atoms with Gasteiger partial charge in [-0.2, -0.15) is 0 Å². The van der Waals surface area contributed by atoms with Crippen LogP contribution in [0.2, 0.25) is 0 Å². The first-order valence-corrected chi connectivity index (χ1v) is 7.29. The number of anilines is 1. The fraction of sp³-hybridized carbons (Fsp3) is 0.308. The number of benzene rings is 1. The van der Waals surface area contributed by atoms with Crippen molar-refractivity contribution in [1.82, 2.24) is 4.98 Å². The molecule has 90 valence electrons. The van der Waals surface area contributed by atoms with E-state index in [1.807, 2.05) is 23.9 Å². The van der Waals surface area contributed by atoms with Crippen LogP contribution in [0, 0.1) is 0 Å². The van der Waals surface area contributed by atoms with Gasteiger partial charge in [0.2, 0.25) is 0 Å². The molecule has 1 aromatic heterocycles. The van der Waals surface area contributed by atoms with E-state index in [1.54, 1.807) is 6.20 Å². The molecule has 1 heterocycles. The highest BCUT2D eigenvalue weighted by atomic mass is 79.9. The lowest BCUT2D eigenvalue weighted by Gasteiger charge is -2.13. The molecular formula is C13H15BrN2S. The predicted octanol–water partition coefficient (Wildman–Crippen LogP) is 4.47. The molecule has 1 aromatic carbocycles. The third kappa shape index (κ3) is 2.75. The van der Waals surface area contributed by atoms with Crippen LogP contribution in [0.4, 0.5) is 5.69 Å². The smallest absolute Gasteiger partial charge is 0.0715 e. The van der Waals surface area contributed by atoms with E-state index in [2.05, 4.69) is 40.8 Å². The van der Waals surface area contributed by atoms with Crippen molar-refractivity contribution in [3.8, 4) is 0 Å². The molecule has 2 rings (SSSR count). The number of nitrogens with zero attached hydrogens (tertiary/aromatic N) is 1. The molecule has 0 aliphatic carbocycles. The first-order valence-electron chi connectivity index (χ1n) is 5.62. The summed E-state index contributed by atoms with van der Waals surface area (Å²) in [6, 6.07) is 6.10. The predicted molar refractivity (Wildman–Crippen MR) is 79.5 cm³/mol. The fourth-order valence-corrected chi connectivity index (χ4v) is 2.98. The zero-order valence-corrected chi connectivity index (χ0v) is 12.3. The van der Waals surface area contributed by atoms with Crippen LogP contribution in [0.5, 0.6) is 0 Å².